The summed E-state index contributed by atoms with van der Waals surface area (Å²) < 4.78 is 28.2. The minimum atomic E-state index is -3.44. The molecule has 22 heavy (non-hydrogen) atoms. The Hall–Kier alpha value is -0.910. The van der Waals surface area contributed by atoms with Gasteiger partial charge in [-0.05, 0) is 88.2 Å². The van der Waals surface area contributed by atoms with Crippen LogP contribution in [-0.4, -0.2) is 28.1 Å². The molecule has 1 aromatic rings. The molecule has 1 aliphatic heterocycles. The van der Waals surface area contributed by atoms with Crippen LogP contribution in [0.3, 0.4) is 0 Å². The van der Waals surface area contributed by atoms with Gasteiger partial charge in [-0.25, -0.2) is 13.1 Å². The molecule has 1 aromatic carbocycles. The van der Waals surface area contributed by atoms with Crippen molar-refractivity contribution in [3.63, 3.8) is 0 Å². The first kappa shape index (κ1) is 17.4. The number of hydrogen-bond acceptors (Lipinski definition) is 3. The zero-order valence-electron chi connectivity index (χ0n) is 14.1. The number of hydrogen-bond donors (Lipinski definition) is 2. The summed E-state index contributed by atoms with van der Waals surface area (Å²) in [6.45, 7) is 10.3. The fourth-order valence-corrected chi connectivity index (χ4v) is 4.88. The fourth-order valence-electron chi connectivity index (χ4n) is 3.22. The summed E-state index contributed by atoms with van der Waals surface area (Å²) in [4.78, 5) is 0.465. The lowest BCUT2D eigenvalue weighted by Gasteiger charge is -2.23. The summed E-state index contributed by atoms with van der Waals surface area (Å²) in [5.41, 5.74) is 3.77. The lowest BCUT2D eigenvalue weighted by Crippen LogP contribution is -2.33. The number of aryl methyl sites for hydroxylation is 2. The van der Waals surface area contributed by atoms with Gasteiger partial charge in [0.05, 0.1) is 4.90 Å². The standard InChI is InChI=1S/C17H28N2O2S/c1-12-10-13(2)15(4)17(14(12)3)22(20,21)19-9-7-16-6-5-8-18-11-16/h10,16,18-19H,5-9,11H2,1-4H3. The molecule has 1 aliphatic rings. The van der Waals surface area contributed by atoms with E-state index in [2.05, 4.69) is 16.1 Å². The minimum Gasteiger partial charge on any atom is -0.316 e. The molecule has 124 valence electrons. The molecule has 1 unspecified atom stereocenters. The average molecular weight is 324 g/mol. The van der Waals surface area contributed by atoms with Crippen LogP contribution >= 0.6 is 0 Å². The molecule has 0 radical (unpaired) electrons. The molecule has 1 fully saturated rings. The highest BCUT2D eigenvalue weighted by Crippen LogP contribution is 2.26. The predicted octanol–water partition coefficient (Wildman–Crippen LogP) is 2.59. The van der Waals surface area contributed by atoms with Crippen molar-refractivity contribution < 1.29 is 8.42 Å². The van der Waals surface area contributed by atoms with E-state index >= 15 is 0 Å². The highest BCUT2D eigenvalue weighted by molar-refractivity contribution is 7.89. The van der Waals surface area contributed by atoms with Gasteiger partial charge in [0.2, 0.25) is 10.0 Å². The van der Waals surface area contributed by atoms with Crippen molar-refractivity contribution in [1.82, 2.24) is 10.0 Å². The molecule has 1 atom stereocenters. The van der Waals surface area contributed by atoms with E-state index in [9.17, 15) is 8.42 Å². The van der Waals surface area contributed by atoms with Crippen LogP contribution in [0.5, 0.6) is 0 Å². The molecule has 0 spiro atoms. The summed E-state index contributed by atoms with van der Waals surface area (Å²) in [6, 6.07) is 2.05. The third-order valence-corrected chi connectivity index (χ3v) is 6.54. The molecular formula is C17H28N2O2S. The molecule has 0 amide bonds. The maximum Gasteiger partial charge on any atom is 0.241 e. The summed E-state index contributed by atoms with van der Waals surface area (Å²) >= 11 is 0. The van der Waals surface area contributed by atoms with Gasteiger partial charge in [0.1, 0.15) is 0 Å². The lowest BCUT2D eigenvalue weighted by molar-refractivity contribution is 0.358. The smallest absolute Gasteiger partial charge is 0.241 e. The molecule has 5 heteroatoms. The van der Waals surface area contributed by atoms with Crippen molar-refractivity contribution in [2.45, 2.75) is 51.9 Å². The van der Waals surface area contributed by atoms with Gasteiger partial charge in [-0.1, -0.05) is 6.07 Å². The maximum absolute atomic E-state index is 12.7. The topological polar surface area (TPSA) is 58.2 Å². The van der Waals surface area contributed by atoms with E-state index in [1.165, 1.54) is 12.8 Å². The number of sulfonamides is 1. The number of rotatable bonds is 5. The average Bonchev–Trinajstić information content (AvgIpc) is 2.46. The summed E-state index contributed by atoms with van der Waals surface area (Å²) in [5, 5.41) is 3.37. The zero-order valence-corrected chi connectivity index (χ0v) is 14.9. The van der Waals surface area contributed by atoms with E-state index in [1.54, 1.807) is 0 Å². The van der Waals surface area contributed by atoms with Crippen molar-refractivity contribution in [3.8, 4) is 0 Å². The summed E-state index contributed by atoms with van der Waals surface area (Å²) in [5.74, 6) is 0.581. The molecule has 0 aromatic heterocycles. The van der Waals surface area contributed by atoms with Crippen LogP contribution in [-0.2, 0) is 10.0 Å². The van der Waals surface area contributed by atoms with Crippen LogP contribution in [0.4, 0.5) is 0 Å². The second-order valence-electron chi connectivity index (χ2n) is 6.49. The molecule has 2 N–H and O–H groups in total. The molecule has 2 rings (SSSR count). The third-order valence-electron chi connectivity index (χ3n) is 4.81. The van der Waals surface area contributed by atoms with Crippen LogP contribution in [0, 0.1) is 33.6 Å². The molecule has 0 saturated carbocycles. The number of benzene rings is 1. The Morgan fingerprint density at radius 2 is 1.82 bits per heavy atom. The molecule has 1 saturated heterocycles. The fraction of sp³-hybridized carbons (Fsp3) is 0.647. The minimum absolute atomic E-state index is 0.465. The molecule has 0 aliphatic carbocycles. The van der Waals surface area contributed by atoms with Crippen LogP contribution in [0.15, 0.2) is 11.0 Å². The second kappa shape index (κ2) is 7.11. The van der Waals surface area contributed by atoms with Gasteiger partial charge in [0.15, 0.2) is 0 Å². The first-order valence-electron chi connectivity index (χ1n) is 8.10. The molecule has 0 bridgehead atoms. The monoisotopic (exact) mass is 324 g/mol. The summed E-state index contributed by atoms with van der Waals surface area (Å²) in [7, 11) is -3.44. The number of nitrogens with one attached hydrogen (secondary N) is 2. The van der Waals surface area contributed by atoms with E-state index in [1.807, 2.05) is 27.7 Å². The Bertz CT molecular complexity index is 606. The van der Waals surface area contributed by atoms with Crippen molar-refractivity contribution in [1.29, 1.82) is 0 Å². The van der Waals surface area contributed by atoms with Gasteiger partial charge in [0.25, 0.3) is 0 Å². The van der Waals surface area contributed by atoms with Crippen molar-refractivity contribution in [2.75, 3.05) is 19.6 Å². The van der Waals surface area contributed by atoms with Gasteiger partial charge in [-0.15, -0.1) is 0 Å². The van der Waals surface area contributed by atoms with Crippen LogP contribution < -0.4 is 10.0 Å². The van der Waals surface area contributed by atoms with Gasteiger partial charge in [-0.2, -0.15) is 0 Å². The maximum atomic E-state index is 12.7. The van der Waals surface area contributed by atoms with E-state index in [4.69, 9.17) is 0 Å². The van der Waals surface area contributed by atoms with Crippen molar-refractivity contribution in [3.05, 3.63) is 28.3 Å². The quantitative estimate of drug-likeness (QED) is 0.875. The number of piperidine rings is 1. The van der Waals surface area contributed by atoms with Crippen molar-refractivity contribution >= 4 is 10.0 Å². The molecule has 4 nitrogen and oxygen atoms in total. The first-order chi connectivity index (χ1) is 10.3. The Morgan fingerprint density at radius 3 is 2.36 bits per heavy atom. The Kier molecular flexibility index (Phi) is 5.64. The molecule has 1 heterocycles. The van der Waals surface area contributed by atoms with E-state index < -0.39 is 10.0 Å². The second-order valence-corrected chi connectivity index (χ2v) is 8.19. The highest BCUT2D eigenvalue weighted by Gasteiger charge is 2.22. The Morgan fingerprint density at radius 1 is 1.18 bits per heavy atom. The van der Waals surface area contributed by atoms with Crippen LogP contribution in [0.2, 0.25) is 0 Å². The van der Waals surface area contributed by atoms with Gasteiger partial charge < -0.3 is 5.32 Å². The third kappa shape index (κ3) is 3.89. The summed E-state index contributed by atoms with van der Waals surface area (Å²) in [6.07, 6.45) is 3.28. The SMILES string of the molecule is Cc1cc(C)c(C)c(S(=O)(=O)NCCC2CCCNC2)c1C. The normalized spacial score (nSPS) is 19.4. The predicted molar refractivity (Wildman–Crippen MR) is 90.8 cm³/mol. The van der Waals surface area contributed by atoms with E-state index in [0.29, 0.717) is 17.4 Å². The van der Waals surface area contributed by atoms with Gasteiger partial charge in [-0.3, -0.25) is 0 Å². The van der Waals surface area contributed by atoms with Crippen molar-refractivity contribution in [2.24, 2.45) is 5.92 Å². The lowest BCUT2D eigenvalue weighted by atomic mass is 9.96. The zero-order chi connectivity index (χ0) is 16.3. The Balaban J connectivity index is 2.10. The van der Waals surface area contributed by atoms with Crippen LogP contribution in [0.25, 0.3) is 0 Å². The largest absolute Gasteiger partial charge is 0.316 e. The van der Waals surface area contributed by atoms with Gasteiger partial charge >= 0.3 is 0 Å². The van der Waals surface area contributed by atoms with Crippen LogP contribution in [0.1, 0.15) is 41.5 Å². The van der Waals surface area contributed by atoms with E-state index in [0.717, 1.165) is 41.8 Å². The van der Waals surface area contributed by atoms with Gasteiger partial charge in [0, 0.05) is 6.54 Å². The molecular weight excluding hydrogens is 296 g/mol. The van der Waals surface area contributed by atoms with E-state index in [-0.39, 0.29) is 0 Å². The highest BCUT2D eigenvalue weighted by atomic mass is 32.2. The Labute approximate surface area is 134 Å². The first-order valence-corrected chi connectivity index (χ1v) is 9.59.